The van der Waals surface area contributed by atoms with Gasteiger partial charge in [-0.2, -0.15) is 13.2 Å². The van der Waals surface area contributed by atoms with E-state index in [-0.39, 0.29) is 11.0 Å². The molecule has 1 unspecified atom stereocenters. The Labute approximate surface area is 214 Å². The van der Waals surface area contributed by atoms with Crippen LogP contribution in [0.4, 0.5) is 22.8 Å². The maximum Gasteiger partial charge on any atom is 0.433 e. The largest absolute Gasteiger partial charge is 0.465 e. The molecule has 2 N–H and O–H groups in total. The Morgan fingerprint density at radius 2 is 1.83 bits per heavy atom. The standard InChI is InChI=1S/C22H28BrF3N4O4S/c1-20(2,3)30(19(32)33)11-14(29-18(31)34-21(4,5)6)16(17-27-7-8-35-17)12-10-28-15(9-13(12)23)22(24,25)26/h7-10,14,16H,11H2,1-6H3,(H,29,31)(H,32,33)/t14-,16?/m1/s1. The fourth-order valence-electron chi connectivity index (χ4n) is 3.26. The lowest BCUT2D eigenvalue weighted by Crippen LogP contribution is -2.54. The average molecular weight is 581 g/mol. The molecule has 0 aliphatic rings. The molecule has 0 aliphatic carbocycles. The van der Waals surface area contributed by atoms with Gasteiger partial charge in [0.25, 0.3) is 0 Å². The number of carbonyl (C=O) groups excluding carboxylic acids is 1. The third kappa shape index (κ3) is 8.06. The molecule has 0 bridgehead atoms. The molecule has 0 radical (unpaired) electrons. The van der Waals surface area contributed by atoms with E-state index in [2.05, 4.69) is 31.2 Å². The molecule has 2 aromatic rings. The Kier molecular flexibility index (Phi) is 8.80. The molecular weight excluding hydrogens is 553 g/mol. The van der Waals surface area contributed by atoms with Crippen molar-refractivity contribution in [3.8, 4) is 0 Å². The molecule has 2 rings (SSSR count). The molecule has 8 nitrogen and oxygen atoms in total. The summed E-state index contributed by atoms with van der Waals surface area (Å²) < 4.78 is 45.1. The van der Waals surface area contributed by atoms with Gasteiger partial charge in [0.15, 0.2) is 0 Å². The number of aromatic nitrogens is 2. The first kappa shape index (κ1) is 28.8. The van der Waals surface area contributed by atoms with Crippen LogP contribution in [0.15, 0.2) is 28.3 Å². The summed E-state index contributed by atoms with van der Waals surface area (Å²) >= 11 is 4.42. The van der Waals surface area contributed by atoms with Gasteiger partial charge in [-0.1, -0.05) is 15.9 Å². The molecule has 2 atom stereocenters. The summed E-state index contributed by atoms with van der Waals surface area (Å²) in [6.07, 6.45) is -4.11. The first-order valence-corrected chi connectivity index (χ1v) is 12.2. The number of nitrogens with zero attached hydrogens (tertiary/aromatic N) is 3. The highest BCUT2D eigenvalue weighted by Crippen LogP contribution is 2.38. The van der Waals surface area contributed by atoms with Gasteiger partial charge < -0.3 is 20.1 Å². The van der Waals surface area contributed by atoms with E-state index in [1.165, 1.54) is 17.5 Å². The highest BCUT2D eigenvalue weighted by atomic mass is 79.9. The highest BCUT2D eigenvalue weighted by Gasteiger charge is 2.39. The lowest BCUT2D eigenvalue weighted by atomic mass is 9.91. The van der Waals surface area contributed by atoms with Crippen LogP contribution in [0.1, 0.15) is 63.7 Å². The molecule has 0 aromatic carbocycles. The number of rotatable bonds is 6. The number of carboxylic acid groups (broad SMARTS) is 1. The van der Waals surface area contributed by atoms with Gasteiger partial charge in [0, 0.05) is 34.3 Å². The van der Waals surface area contributed by atoms with E-state index in [4.69, 9.17) is 4.74 Å². The van der Waals surface area contributed by atoms with Gasteiger partial charge in [-0.25, -0.2) is 14.6 Å². The lowest BCUT2D eigenvalue weighted by Gasteiger charge is -2.38. The van der Waals surface area contributed by atoms with Crippen LogP contribution in [-0.4, -0.2) is 55.9 Å². The quantitative estimate of drug-likeness (QED) is 0.426. The van der Waals surface area contributed by atoms with Gasteiger partial charge in [-0.3, -0.25) is 4.98 Å². The first-order chi connectivity index (χ1) is 15.9. The van der Waals surface area contributed by atoms with Crippen LogP contribution in [0.25, 0.3) is 0 Å². The fourth-order valence-corrected chi connectivity index (χ4v) is 4.65. The van der Waals surface area contributed by atoms with Gasteiger partial charge in [0.1, 0.15) is 16.3 Å². The van der Waals surface area contributed by atoms with Crippen LogP contribution in [-0.2, 0) is 10.9 Å². The van der Waals surface area contributed by atoms with Crippen molar-refractivity contribution in [1.29, 1.82) is 0 Å². The minimum atomic E-state index is -4.65. The predicted octanol–water partition coefficient (Wildman–Crippen LogP) is 6.12. The molecule has 194 valence electrons. The van der Waals surface area contributed by atoms with Crippen LogP contribution in [0, 0.1) is 0 Å². The average Bonchev–Trinajstić information content (AvgIpc) is 3.17. The molecule has 0 saturated heterocycles. The summed E-state index contributed by atoms with van der Waals surface area (Å²) in [5, 5.41) is 14.7. The van der Waals surface area contributed by atoms with E-state index in [9.17, 15) is 27.9 Å². The monoisotopic (exact) mass is 580 g/mol. The number of pyridine rings is 1. The Morgan fingerprint density at radius 1 is 1.20 bits per heavy atom. The van der Waals surface area contributed by atoms with Crippen molar-refractivity contribution in [3.63, 3.8) is 0 Å². The van der Waals surface area contributed by atoms with Crippen LogP contribution in [0.2, 0.25) is 0 Å². The summed E-state index contributed by atoms with van der Waals surface area (Å²) in [6, 6.07) is -0.111. The van der Waals surface area contributed by atoms with Crippen LogP contribution in [0.3, 0.4) is 0 Å². The molecule has 35 heavy (non-hydrogen) atoms. The molecule has 13 heteroatoms. The van der Waals surface area contributed by atoms with Crippen molar-refractivity contribution in [2.75, 3.05) is 6.54 Å². The van der Waals surface area contributed by atoms with E-state index in [0.717, 1.165) is 17.2 Å². The normalized spacial score (nSPS) is 14.2. The van der Waals surface area contributed by atoms with E-state index in [0.29, 0.717) is 10.6 Å². The van der Waals surface area contributed by atoms with Gasteiger partial charge in [0.2, 0.25) is 0 Å². The number of thiazole rings is 1. The Balaban J connectivity index is 2.64. The highest BCUT2D eigenvalue weighted by molar-refractivity contribution is 9.10. The van der Waals surface area contributed by atoms with Crippen molar-refractivity contribution in [1.82, 2.24) is 20.2 Å². The van der Waals surface area contributed by atoms with Gasteiger partial charge in [-0.15, -0.1) is 11.3 Å². The maximum absolute atomic E-state index is 13.2. The molecule has 2 amide bonds. The number of halogens is 4. The Bertz CT molecular complexity index is 1040. The second-order valence-corrected chi connectivity index (χ2v) is 11.5. The second kappa shape index (κ2) is 10.7. The van der Waals surface area contributed by atoms with Crippen molar-refractivity contribution in [2.24, 2.45) is 0 Å². The Morgan fingerprint density at radius 3 is 2.26 bits per heavy atom. The van der Waals surface area contributed by atoms with Gasteiger partial charge in [0.05, 0.1) is 12.0 Å². The topological polar surface area (TPSA) is 105 Å². The molecule has 0 aliphatic heterocycles. The number of amides is 2. The zero-order chi connectivity index (χ0) is 26.8. The third-order valence-electron chi connectivity index (χ3n) is 4.75. The summed E-state index contributed by atoms with van der Waals surface area (Å²) in [7, 11) is 0. The summed E-state index contributed by atoms with van der Waals surface area (Å²) in [6.45, 7) is 9.91. The second-order valence-electron chi connectivity index (χ2n) is 9.75. The van der Waals surface area contributed by atoms with Crippen LogP contribution < -0.4 is 5.32 Å². The predicted molar refractivity (Wildman–Crippen MR) is 129 cm³/mol. The summed E-state index contributed by atoms with van der Waals surface area (Å²) in [4.78, 5) is 33.9. The van der Waals surface area contributed by atoms with Crippen molar-refractivity contribution < 1.29 is 32.6 Å². The smallest absolute Gasteiger partial charge is 0.433 e. The van der Waals surface area contributed by atoms with Crippen LogP contribution >= 0.6 is 27.3 Å². The van der Waals surface area contributed by atoms with Crippen LogP contribution in [0.5, 0.6) is 0 Å². The van der Waals surface area contributed by atoms with E-state index in [1.54, 1.807) is 46.9 Å². The van der Waals surface area contributed by atoms with E-state index in [1.807, 2.05) is 0 Å². The first-order valence-electron chi connectivity index (χ1n) is 10.5. The number of ether oxygens (including phenoxy) is 1. The zero-order valence-electron chi connectivity index (χ0n) is 20.1. The third-order valence-corrected chi connectivity index (χ3v) is 6.29. The number of alkyl halides is 3. The number of nitrogens with one attached hydrogen (secondary N) is 1. The van der Waals surface area contributed by atoms with E-state index >= 15 is 0 Å². The molecule has 0 fully saturated rings. The van der Waals surface area contributed by atoms with Crippen molar-refractivity contribution in [2.45, 2.75) is 70.8 Å². The maximum atomic E-state index is 13.2. The van der Waals surface area contributed by atoms with Crippen molar-refractivity contribution >= 4 is 39.5 Å². The number of hydrogen-bond acceptors (Lipinski definition) is 6. The summed E-state index contributed by atoms with van der Waals surface area (Å²) in [5.74, 6) is -0.837. The minimum Gasteiger partial charge on any atom is -0.465 e. The molecule has 0 spiro atoms. The zero-order valence-corrected chi connectivity index (χ0v) is 22.5. The van der Waals surface area contributed by atoms with E-state index < -0.39 is 47.2 Å². The molecule has 2 aromatic heterocycles. The number of carbonyl (C=O) groups is 2. The van der Waals surface area contributed by atoms with Gasteiger partial charge in [-0.05, 0) is 53.2 Å². The number of alkyl carbamates (subject to hydrolysis) is 1. The summed E-state index contributed by atoms with van der Waals surface area (Å²) in [5.41, 5.74) is -2.47. The lowest BCUT2D eigenvalue weighted by molar-refractivity contribution is -0.141. The minimum absolute atomic E-state index is 0.0913. The van der Waals surface area contributed by atoms with Crippen molar-refractivity contribution in [3.05, 3.63) is 44.6 Å². The SMILES string of the molecule is CC(C)(C)OC(=O)N[C@H](CN(C(=O)O)C(C)(C)C)C(c1nccs1)c1cnc(C(F)(F)F)cc1Br. The van der Waals surface area contributed by atoms with Gasteiger partial charge >= 0.3 is 18.4 Å². The Hall–Kier alpha value is -2.41. The molecular formula is C22H28BrF3N4O4S. The fraction of sp³-hybridized carbons (Fsp3) is 0.545. The number of hydrogen-bond donors (Lipinski definition) is 2. The molecule has 0 saturated carbocycles. The molecule has 2 heterocycles.